The van der Waals surface area contributed by atoms with Crippen molar-refractivity contribution in [1.82, 2.24) is 5.43 Å². The van der Waals surface area contributed by atoms with Gasteiger partial charge in [-0.05, 0) is 43.4 Å². The summed E-state index contributed by atoms with van der Waals surface area (Å²) >= 11 is 0. The van der Waals surface area contributed by atoms with Crippen molar-refractivity contribution in [3.63, 3.8) is 0 Å². The van der Waals surface area contributed by atoms with Crippen LogP contribution in [0.4, 0.5) is 0 Å². The maximum Gasteiger partial charge on any atom is 0.0175 e. The molecule has 3 heteroatoms. The number of hydrogen-bond acceptors (Lipinski definition) is 2. The molecule has 0 fully saturated rings. The molecule has 92 valence electrons. The lowest BCUT2D eigenvalue weighted by molar-refractivity contribution is 0.627. The number of nitrogens with one attached hydrogen (secondary N) is 1. The first-order chi connectivity index (χ1) is 7.97. The largest absolute Gasteiger partial charge is 0.207 e. The van der Waals surface area contributed by atoms with Gasteiger partial charge in [-0.25, -0.2) is 5.43 Å². The summed E-state index contributed by atoms with van der Waals surface area (Å²) in [5.41, 5.74) is 3.27. The summed E-state index contributed by atoms with van der Waals surface area (Å²) in [7, 11) is 0.197. The first kappa shape index (κ1) is 12.3. The highest BCUT2D eigenvalue weighted by Crippen LogP contribution is 2.22. The molecular weight excluding hydrogens is 216 g/mol. The van der Waals surface area contributed by atoms with Gasteiger partial charge in [0.1, 0.15) is 0 Å². The van der Waals surface area contributed by atoms with Crippen LogP contribution >= 0.6 is 0 Å². The Kier molecular flexibility index (Phi) is 5.56. The van der Waals surface area contributed by atoms with Crippen LogP contribution in [0.1, 0.15) is 57.8 Å². The lowest BCUT2D eigenvalue weighted by Gasteiger charge is -2.17. The second-order valence-electron chi connectivity index (χ2n) is 4.75. The predicted molar refractivity (Wildman–Crippen MR) is 72.3 cm³/mol. The second-order valence-corrected chi connectivity index (χ2v) is 6.60. The zero-order valence-corrected chi connectivity index (χ0v) is 11.0. The highest BCUT2D eigenvalue weighted by atomic mass is 32.2. The van der Waals surface area contributed by atoms with Crippen molar-refractivity contribution in [3.8, 4) is 0 Å². The van der Waals surface area contributed by atoms with E-state index >= 15 is 0 Å². The fourth-order valence-electron chi connectivity index (χ4n) is 2.35. The molecule has 0 radical (unpaired) electrons. The van der Waals surface area contributed by atoms with E-state index in [1.165, 1.54) is 63.5 Å². The van der Waals surface area contributed by atoms with E-state index in [-0.39, 0.29) is 10.7 Å². The van der Waals surface area contributed by atoms with Gasteiger partial charge in [-0.3, -0.25) is 0 Å². The van der Waals surface area contributed by atoms with Gasteiger partial charge in [0.05, 0.1) is 0 Å². The van der Waals surface area contributed by atoms with Crippen LogP contribution in [0.25, 0.3) is 0 Å². The molecule has 0 aromatic rings. The Balaban J connectivity index is 2.01. The van der Waals surface area contributed by atoms with Crippen molar-refractivity contribution in [2.45, 2.75) is 57.8 Å². The molecule has 0 amide bonds. The van der Waals surface area contributed by atoms with Crippen LogP contribution in [0.3, 0.4) is 0 Å². The van der Waals surface area contributed by atoms with Crippen molar-refractivity contribution in [2.24, 2.45) is 4.47 Å². The highest BCUT2D eigenvalue weighted by Gasteiger charge is 2.09. The highest BCUT2D eigenvalue weighted by molar-refractivity contribution is 7.91. The van der Waals surface area contributed by atoms with Gasteiger partial charge in [-0.15, -0.1) is 0 Å². The fraction of sp³-hybridized carbons (Fsp3) is 0.846. The Morgan fingerprint density at radius 2 is 1.88 bits per heavy atom. The van der Waals surface area contributed by atoms with Gasteiger partial charge in [0.25, 0.3) is 0 Å². The van der Waals surface area contributed by atoms with Crippen LogP contribution in [0.15, 0.2) is 15.5 Å². The molecule has 1 heterocycles. The van der Waals surface area contributed by atoms with Crippen molar-refractivity contribution in [3.05, 3.63) is 11.0 Å². The normalized spacial score (nSPS) is 33.2. The van der Waals surface area contributed by atoms with Crippen LogP contribution in [-0.4, -0.2) is 12.3 Å². The smallest absolute Gasteiger partial charge is 0.0175 e. The van der Waals surface area contributed by atoms with Gasteiger partial charge in [0, 0.05) is 12.3 Å². The molecule has 1 aliphatic heterocycles. The van der Waals surface area contributed by atoms with E-state index in [1.54, 1.807) is 4.91 Å². The molecule has 1 aliphatic carbocycles. The molecule has 2 nitrogen and oxygen atoms in total. The molecule has 1 atom stereocenters. The number of rotatable bonds is 1. The topological polar surface area (TPSA) is 24.4 Å². The summed E-state index contributed by atoms with van der Waals surface area (Å²) in [5, 5.41) is 0. The predicted octanol–water partition coefficient (Wildman–Crippen LogP) is 3.71. The average Bonchev–Trinajstić information content (AvgIpc) is 2.18. The molecule has 1 unspecified atom stereocenters. The van der Waals surface area contributed by atoms with E-state index < -0.39 is 0 Å². The molecule has 0 bridgehead atoms. The number of hydrogen-bond donors (Lipinski definition) is 1. The van der Waals surface area contributed by atoms with E-state index in [9.17, 15) is 0 Å². The first-order valence-corrected chi connectivity index (χ1v) is 8.15. The Morgan fingerprint density at radius 3 is 2.88 bits per heavy atom. The van der Waals surface area contributed by atoms with Crippen LogP contribution in [0.5, 0.6) is 0 Å². The fourth-order valence-corrected chi connectivity index (χ4v) is 4.24. The van der Waals surface area contributed by atoms with Crippen molar-refractivity contribution >= 4 is 10.7 Å². The molecule has 2 aliphatic rings. The summed E-state index contributed by atoms with van der Waals surface area (Å²) in [6, 6.07) is 0. The summed E-state index contributed by atoms with van der Waals surface area (Å²) in [5.74, 6) is 1.29. The van der Waals surface area contributed by atoms with Gasteiger partial charge in [0.2, 0.25) is 0 Å². The van der Waals surface area contributed by atoms with Crippen molar-refractivity contribution in [2.75, 3.05) is 12.3 Å². The minimum atomic E-state index is 0.197. The van der Waals surface area contributed by atoms with Gasteiger partial charge in [-0.1, -0.05) is 36.0 Å². The zero-order chi connectivity index (χ0) is 11.1. The molecule has 0 aromatic carbocycles. The minimum Gasteiger partial charge on any atom is -0.207 e. The van der Waals surface area contributed by atoms with E-state index in [2.05, 4.69) is 16.0 Å². The lowest BCUT2D eigenvalue weighted by atomic mass is 10.1. The van der Waals surface area contributed by atoms with Crippen LogP contribution in [-0.2, 0) is 10.7 Å². The van der Waals surface area contributed by atoms with Crippen LogP contribution < -0.4 is 5.43 Å². The Morgan fingerprint density at radius 1 is 1.00 bits per heavy atom. The summed E-state index contributed by atoms with van der Waals surface area (Å²) in [6.07, 6.45) is 14.7. The Hall–Kier alpha value is -0.150. The average molecular weight is 240 g/mol. The third-order valence-electron chi connectivity index (χ3n) is 3.35. The van der Waals surface area contributed by atoms with Gasteiger partial charge >= 0.3 is 0 Å². The van der Waals surface area contributed by atoms with Gasteiger partial charge in [0.15, 0.2) is 0 Å². The summed E-state index contributed by atoms with van der Waals surface area (Å²) in [4.78, 5) is 1.65. The SMILES string of the molecule is C1=C(/S2=N/NCCCCC2)CCCCCC/1. The maximum atomic E-state index is 4.69. The van der Waals surface area contributed by atoms with E-state index in [0.29, 0.717) is 0 Å². The van der Waals surface area contributed by atoms with Crippen molar-refractivity contribution in [1.29, 1.82) is 0 Å². The number of nitrogens with zero attached hydrogens (tertiary/aromatic N) is 1. The third kappa shape index (κ3) is 4.02. The monoisotopic (exact) mass is 240 g/mol. The van der Waals surface area contributed by atoms with Crippen molar-refractivity contribution < 1.29 is 0 Å². The molecule has 0 saturated heterocycles. The molecule has 1 N–H and O–H groups in total. The number of allylic oxidation sites excluding steroid dienone is 2. The van der Waals surface area contributed by atoms with Gasteiger partial charge < -0.3 is 0 Å². The minimum absolute atomic E-state index is 0.197. The van der Waals surface area contributed by atoms with E-state index in [4.69, 9.17) is 0 Å². The van der Waals surface area contributed by atoms with E-state index in [1.807, 2.05) is 0 Å². The van der Waals surface area contributed by atoms with Gasteiger partial charge in [-0.2, -0.15) is 4.47 Å². The summed E-state index contributed by atoms with van der Waals surface area (Å²) < 4.78 is 4.69. The molecule has 16 heavy (non-hydrogen) atoms. The standard InChI is InChI=1S/C13H24N2S/c1-2-5-9-13(10-6-3-1)16-12-8-4-7-11-14-15-16/h9,14H,1-8,10-12H2/b13-9+. The van der Waals surface area contributed by atoms with Crippen LogP contribution in [0, 0.1) is 0 Å². The Labute approximate surface area is 102 Å². The molecule has 2 rings (SSSR count). The quantitative estimate of drug-likeness (QED) is 0.742. The summed E-state index contributed by atoms with van der Waals surface area (Å²) in [6.45, 7) is 1.08. The zero-order valence-electron chi connectivity index (χ0n) is 10.2. The lowest BCUT2D eigenvalue weighted by Crippen LogP contribution is -2.15. The van der Waals surface area contributed by atoms with E-state index in [0.717, 1.165) is 6.54 Å². The second kappa shape index (κ2) is 7.23. The molecule has 0 saturated carbocycles. The Bertz CT molecular complexity index is 243. The third-order valence-corrected chi connectivity index (χ3v) is 5.35. The first-order valence-electron chi connectivity index (χ1n) is 6.80. The van der Waals surface area contributed by atoms with Crippen LogP contribution in [0.2, 0.25) is 0 Å². The maximum absolute atomic E-state index is 4.69. The molecule has 0 aromatic heterocycles. The molecular formula is C13H24N2S. The molecule has 0 spiro atoms.